The van der Waals surface area contributed by atoms with Gasteiger partial charge in [0.2, 0.25) is 0 Å². The van der Waals surface area contributed by atoms with Crippen molar-refractivity contribution in [2.24, 2.45) is 0 Å². The SMILES string of the molecule is Cc1cc2cccnc2n1C(C)C. The van der Waals surface area contributed by atoms with Crippen LogP contribution in [0.3, 0.4) is 0 Å². The van der Waals surface area contributed by atoms with Crippen molar-refractivity contribution < 1.29 is 0 Å². The van der Waals surface area contributed by atoms with Crippen LogP contribution in [0.5, 0.6) is 0 Å². The minimum absolute atomic E-state index is 0.479. The van der Waals surface area contributed by atoms with Crippen LogP contribution in [0.1, 0.15) is 25.6 Å². The second kappa shape index (κ2) is 2.87. The van der Waals surface area contributed by atoms with E-state index in [-0.39, 0.29) is 0 Å². The van der Waals surface area contributed by atoms with Gasteiger partial charge in [-0.25, -0.2) is 4.98 Å². The average molecular weight is 174 g/mol. The first-order valence-electron chi connectivity index (χ1n) is 4.62. The molecule has 2 nitrogen and oxygen atoms in total. The Morgan fingerprint density at radius 1 is 1.38 bits per heavy atom. The second-order valence-electron chi connectivity index (χ2n) is 3.67. The van der Waals surface area contributed by atoms with Crippen LogP contribution in [-0.2, 0) is 0 Å². The number of hydrogen-bond acceptors (Lipinski definition) is 1. The van der Waals surface area contributed by atoms with Gasteiger partial charge >= 0.3 is 0 Å². The van der Waals surface area contributed by atoms with Crippen molar-refractivity contribution in [2.45, 2.75) is 26.8 Å². The molecular formula is C11H14N2. The summed E-state index contributed by atoms with van der Waals surface area (Å²) >= 11 is 0. The molecule has 0 aliphatic rings. The fourth-order valence-electron chi connectivity index (χ4n) is 1.84. The lowest BCUT2D eigenvalue weighted by molar-refractivity contribution is 0.603. The molecular weight excluding hydrogens is 160 g/mol. The van der Waals surface area contributed by atoms with E-state index in [0.29, 0.717) is 6.04 Å². The van der Waals surface area contributed by atoms with Gasteiger partial charge in [0.05, 0.1) is 0 Å². The van der Waals surface area contributed by atoms with E-state index in [4.69, 9.17) is 0 Å². The van der Waals surface area contributed by atoms with Crippen LogP contribution in [0, 0.1) is 6.92 Å². The molecule has 0 saturated carbocycles. The van der Waals surface area contributed by atoms with Gasteiger partial charge in [0.15, 0.2) is 0 Å². The van der Waals surface area contributed by atoms with Crippen molar-refractivity contribution in [1.82, 2.24) is 9.55 Å². The summed E-state index contributed by atoms with van der Waals surface area (Å²) in [4.78, 5) is 4.39. The zero-order valence-corrected chi connectivity index (χ0v) is 8.28. The standard InChI is InChI=1S/C11H14N2/c1-8(2)13-9(3)7-10-5-4-6-12-11(10)13/h4-8H,1-3H3. The van der Waals surface area contributed by atoms with E-state index in [9.17, 15) is 0 Å². The van der Waals surface area contributed by atoms with Gasteiger partial charge in [-0.1, -0.05) is 0 Å². The number of fused-ring (bicyclic) bond motifs is 1. The fraction of sp³-hybridized carbons (Fsp3) is 0.364. The van der Waals surface area contributed by atoms with Gasteiger partial charge in [0.25, 0.3) is 0 Å². The van der Waals surface area contributed by atoms with Gasteiger partial charge in [0.1, 0.15) is 5.65 Å². The number of hydrogen-bond donors (Lipinski definition) is 0. The molecule has 68 valence electrons. The van der Waals surface area contributed by atoms with E-state index in [2.05, 4.69) is 42.5 Å². The molecule has 0 bridgehead atoms. The van der Waals surface area contributed by atoms with E-state index in [1.165, 1.54) is 11.1 Å². The molecule has 0 saturated heterocycles. The molecule has 0 fully saturated rings. The van der Waals surface area contributed by atoms with Crippen LogP contribution in [-0.4, -0.2) is 9.55 Å². The third-order valence-corrected chi connectivity index (χ3v) is 2.31. The maximum atomic E-state index is 4.39. The maximum Gasteiger partial charge on any atom is 0.140 e. The van der Waals surface area contributed by atoms with Gasteiger partial charge in [0, 0.05) is 23.3 Å². The second-order valence-corrected chi connectivity index (χ2v) is 3.67. The highest BCUT2D eigenvalue weighted by Crippen LogP contribution is 2.20. The van der Waals surface area contributed by atoms with Crippen LogP contribution < -0.4 is 0 Å². The summed E-state index contributed by atoms with van der Waals surface area (Å²) in [6, 6.07) is 6.75. The molecule has 0 unspecified atom stereocenters. The summed E-state index contributed by atoms with van der Waals surface area (Å²) in [5.74, 6) is 0. The summed E-state index contributed by atoms with van der Waals surface area (Å²) < 4.78 is 2.26. The third kappa shape index (κ3) is 1.22. The predicted octanol–water partition coefficient (Wildman–Crippen LogP) is 2.93. The predicted molar refractivity (Wildman–Crippen MR) is 54.9 cm³/mol. The molecule has 2 aromatic rings. The molecule has 0 aromatic carbocycles. The Bertz CT molecular complexity index is 427. The molecule has 13 heavy (non-hydrogen) atoms. The minimum Gasteiger partial charge on any atom is -0.327 e. The molecule has 0 spiro atoms. The normalized spacial score (nSPS) is 11.4. The third-order valence-electron chi connectivity index (χ3n) is 2.31. The minimum atomic E-state index is 0.479. The van der Waals surface area contributed by atoms with Crippen LogP contribution in [0.15, 0.2) is 24.4 Å². The van der Waals surface area contributed by atoms with E-state index in [1.807, 2.05) is 12.3 Å². The van der Waals surface area contributed by atoms with Crippen molar-refractivity contribution in [2.75, 3.05) is 0 Å². The fourth-order valence-corrected chi connectivity index (χ4v) is 1.84. The number of pyridine rings is 1. The zero-order chi connectivity index (χ0) is 9.42. The summed E-state index contributed by atoms with van der Waals surface area (Å²) in [7, 11) is 0. The van der Waals surface area contributed by atoms with Crippen LogP contribution in [0.25, 0.3) is 11.0 Å². The highest BCUT2D eigenvalue weighted by atomic mass is 15.1. The number of rotatable bonds is 1. The molecule has 2 heterocycles. The first-order valence-corrected chi connectivity index (χ1v) is 4.62. The number of aryl methyl sites for hydroxylation is 1. The van der Waals surface area contributed by atoms with Gasteiger partial charge in [-0.05, 0) is 39.0 Å². The summed E-state index contributed by atoms with van der Waals surface area (Å²) in [5.41, 5.74) is 2.37. The van der Waals surface area contributed by atoms with Crippen LogP contribution >= 0.6 is 0 Å². The molecule has 0 atom stereocenters. The quantitative estimate of drug-likeness (QED) is 0.650. The highest BCUT2D eigenvalue weighted by Gasteiger charge is 2.07. The number of aromatic nitrogens is 2. The summed E-state index contributed by atoms with van der Waals surface area (Å²) in [5, 5.41) is 1.23. The Hall–Kier alpha value is -1.31. The van der Waals surface area contributed by atoms with Crippen molar-refractivity contribution in [1.29, 1.82) is 0 Å². The Morgan fingerprint density at radius 2 is 2.15 bits per heavy atom. The molecule has 2 heteroatoms. The smallest absolute Gasteiger partial charge is 0.140 e. The first kappa shape index (κ1) is 8.30. The van der Waals surface area contributed by atoms with E-state index in [1.54, 1.807) is 0 Å². The van der Waals surface area contributed by atoms with Crippen LogP contribution in [0.4, 0.5) is 0 Å². The Kier molecular flexibility index (Phi) is 1.83. The molecule has 0 aliphatic heterocycles. The molecule has 0 radical (unpaired) electrons. The molecule has 0 aliphatic carbocycles. The Balaban J connectivity index is 2.78. The first-order chi connectivity index (χ1) is 6.20. The van der Waals surface area contributed by atoms with Crippen molar-refractivity contribution in [3.63, 3.8) is 0 Å². The largest absolute Gasteiger partial charge is 0.327 e. The van der Waals surface area contributed by atoms with Crippen LogP contribution in [0.2, 0.25) is 0 Å². The van der Waals surface area contributed by atoms with Gasteiger partial charge < -0.3 is 4.57 Å². The highest BCUT2D eigenvalue weighted by molar-refractivity contribution is 5.77. The molecule has 0 N–H and O–H groups in total. The zero-order valence-electron chi connectivity index (χ0n) is 8.28. The summed E-state index contributed by atoms with van der Waals surface area (Å²) in [6.45, 7) is 6.49. The lowest BCUT2D eigenvalue weighted by Crippen LogP contribution is -2.02. The van der Waals surface area contributed by atoms with E-state index >= 15 is 0 Å². The topological polar surface area (TPSA) is 17.8 Å². The lowest BCUT2D eigenvalue weighted by atomic mass is 10.3. The molecule has 0 amide bonds. The van der Waals surface area contributed by atoms with Crippen molar-refractivity contribution >= 4 is 11.0 Å². The van der Waals surface area contributed by atoms with Gasteiger partial charge in [-0.3, -0.25) is 0 Å². The van der Waals surface area contributed by atoms with E-state index < -0.39 is 0 Å². The maximum absolute atomic E-state index is 4.39. The molecule has 2 aromatic heterocycles. The van der Waals surface area contributed by atoms with Crippen molar-refractivity contribution in [3.8, 4) is 0 Å². The lowest BCUT2D eigenvalue weighted by Gasteiger charge is -2.10. The van der Waals surface area contributed by atoms with Crippen molar-refractivity contribution in [3.05, 3.63) is 30.1 Å². The van der Waals surface area contributed by atoms with Gasteiger partial charge in [-0.2, -0.15) is 0 Å². The number of nitrogens with zero attached hydrogens (tertiary/aromatic N) is 2. The van der Waals surface area contributed by atoms with E-state index in [0.717, 1.165) is 5.65 Å². The van der Waals surface area contributed by atoms with Gasteiger partial charge in [-0.15, -0.1) is 0 Å². The Morgan fingerprint density at radius 3 is 2.85 bits per heavy atom. The summed E-state index contributed by atoms with van der Waals surface area (Å²) in [6.07, 6.45) is 1.85. The Labute approximate surface area is 78.2 Å². The average Bonchev–Trinajstić information content (AvgIpc) is 2.39. The molecule has 2 rings (SSSR count). The monoisotopic (exact) mass is 174 g/mol.